The standard InChI is InChI=1S/C22H25N3O2.C2HF3O2/c1-2-13-25-20(26)7-3-10-22(25)11-5-14-24(16-22)21(27)18-8-9-19-17(15-18)6-4-12-23-19;3-2(4,5)1(6)7/h2,4,6,8-9,12,15H,1,3,5,7,10-11,13-14,16H2;(H,6,7). The molecule has 1 N–H and O–H groups in total. The highest BCUT2D eigenvalue weighted by molar-refractivity contribution is 5.98. The Kier molecular flexibility index (Phi) is 7.58. The maximum Gasteiger partial charge on any atom is 0.490 e. The Hall–Kier alpha value is -3.43. The van der Waals surface area contributed by atoms with Gasteiger partial charge >= 0.3 is 12.1 Å². The molecule has 1 aromatic carbocycles. The third-order valence-electron chi connectivity index (χ3n) is 6.15. The van der Waals surface area contributed by atoms with Crippen LogP contribution in [0.2, 0.25) is 0 Å². The molecule has 2 amide bonds. The highest BCUT2D eigenvalue weighted by atomic mass is 19.4. The highest BCUT2D eigenvalue weighted by Gasteiger charge is 2.45. The summed E-state index contributed by atoms with van der Waals surface area (Å²) in [6.07, 6.45) is 2.80. The van der Waals surface area contributed by atoms with E-state index in [0.717, 1.165) is 43.1 Å². The molecule has 182 valence electrons. The summed E-state index contributed by atoms with van der Waals surface area (Å²) in [4.78, 5) is 42.8. The Balaban J connectivity index is 0.000000406. The van der Waals surface area contributed by atoms with Gasteiger partial charge in [-0.15, -0.1) is 6.58 Å². The number of carboxylic acid groups (broad SMARTS) is 1. The van der Waals surface area contributed by atoms with Crippen molar-refractivity contribution < 1.29 is 32.7 Å². The van der Waals surface area contributed by atoms with Crippen LogP contribution in [0.4, 0.5) is 13.2 Å². The minimum absolute atomic E-state index is 0.0383. The second-order valence-corrected chi connectivity index (χ2v) is 8.41. The zero-order valence-corrected chi connectivity index (χ0v) is 18.6. The molecule has 10 heteroatoms. The van der Waals surface area contributed by atoms with Crippen LogP contribution in [-0.2, 0) is 9.59 Å². The van der Waals surface area contributed by atoms with E-state index in [1.807, 2.05) is 40.1 Å². The molecule has 1 unspecified atom stereocenters. The zero-order valence-electron chi connectivity index (χ0n) is 18.6. The van der Waals surface area contributed by atoms with Gasteiger partial charge in [-0.25, -0.2) is 4.79 Å². The molecule has 3 heterocycles. The van der Waals surface area contributed by atoms with Crippen LogP contribution in [0.1, 0.15) is 42.5 Å². The molecule has 7 nitrogen and oxygen atoms in total. The molecular weight excluding hydrogens is 451 g/mol. The number of nitrogens with zero attached hydrogens (tertiary/aromatic N) is 3. The molecule has 2 aliphatic heterocycles. The fourth-order valence-corrected chi connectivity index (χ4v) is 4.63. The normalized spacial score (nSPS) is 20.6. The number of pyridine rings is 1. The van der Waals surface area contributed by atoms with Gasteiger partial charge < -0.3 is 14.9 Å². The van der Waals surface area contributed by atoms with Crippen LogP contribution >= 0.6 is 0 Å². The summed E-state index contributed by atoms with van der Waals surface area (Å²) in [6.45, 7) is 5.72. The average molecular weight is 477 g/mol. The number of amides is 2. The molecule has 1 spiro atoms. The van der Waals surface area contributed by atoms with Crippen molar-refractivity contribution in [3.63, 3.8) is 0 Å². The first-order chi connectivity index (χ1) is 16.1. The van der Waals surface area contributed by atoms with E-state index in [1.165, 1.54) is 0 Å². The largest absolute Gasteiger partial charge is 0.490 e. The predicted molar refractivity (Wildman–Crippen MR) is 119 cm³/mol. The van der Waals surface area contributed by atoms with Crippen LogP contribution in [0.15, 0.2) is 49.2 Å². The van der Waals surface area contributed by atoms with E-state index in [-0.39, 0.29) is 17.4 Å². The van der Waals surface area contributed by atoms with Crippen molar-refractivity contribution >= 4 is 28.7 Å². The Morgan fingerprint density at radius 2 is 1.91 bits per heavy atom. The van der Waals surface area contributed by atoms with E-state index in [1.54, 1.807) is 12.3 Å². The van der Waals surface area contributed by atoms with Gasteiger partial charge in [0, 0.05) is 43.2 Å². The van der Waals surface area contributed by atoms with Gasteiger partial charge in [0.15, 0.2) is 0 Å². The lowest BCUT2D eigenvalue weighted by Crippen LogP contribution is -2.63. The summed E-state index contributed by atoms with van der Waals surface area (Å²) in [6, 6.07) is 9.53. The molecule has 0 radical (unpaired) electrons. The Labute approximate surface area is 194 Å². The predicted octanol–water partition coefficient (Wildman–Crippen LogP) is 4.04. The second kappa shape index (κ2) is 10.2. The molecule has 1 aromatic heterocycles. The van der Waals surface area contributed by atoms with Gasteiger partial charge in [0.05, 0.1) is 11.1 Å². The van der Waals surface area contributed by atoms with Gasteiger partial charge in [-0.05, 0) is 49.9 Å². The number of carbonyl (C=O) groups excluding carboxylic acids is 2. The van der Waals surface area contributed by atoms with Crippen LogP contribution in [0.5, 0.6) is 0 Å². The summed E-state index contributed by atoms with van der Waals surface area (Å²) in [5.41, 5.74) is 1.33. The minimum atomic E-state index is -5.08. The van der Waals surface area contributed by atoms with Crippen LogP contribution in [-0.4, -0.2) is 69.0 Å². The van der Waals surface area contributed by atoms with Gasteiger partial charge in [0.1, 0.15) is 0 Å². The van der Waals surface area contributed by atoms with Crippen LogP contribution in [0, 0.1) is 0 Å². The maximum atomic E-state index is 13.2. The van der Waals surface area contributed by atoms with E-state index >= 15 is 0 Å². The number of rotatable bonds is 3. The third-order valence-corrected chi connectivity index (χ3v) is 6.15. The van der Waals surface area contributed by atoms with Crippen molar-refractivity contribution in [2.24, 2.45) is 0 Å². The molecule has 2 saturated heterocycles. The number of hydrogen-bond donors (Lipinski definition) is 1. The SMILES string of the molecule is C=CCN1C(=O)CCCC12CCCN(C(=O)c1ccc3ncccc3c1)C2.O=C(O)C(F)(F)F. The van der Waals surface area contributed by atoms with Crippen molar-refractivity contribution in [3.05, 3.63) is 54.7 Å². The van der Waals surface area contributed by atoms with Gasteiger partial charge in [-0.1, -0.05) is 12.1 Å². The molecular formula is C24H26F3N3O4. The lowest BCUT2D eigenvalue weighted by molar-refractivity contribution is -0.192. The number of piperidine rings is 2. The number of aromatic nitrogens is 1. The molecule has 2 aromatic rings. The van der Waals surface area contributed by atoms with Crippen molar-refractivity contribution in [2.75, 3.05) is 19.6 Å². The first-order valence-electron chi connectivity index (χ1n) is 10.9. The molecule has 4 rings (SSSR count). The van der Waals surface area contributed by atoms with Gasteiger partial charge in [-0.2, -0.15) is 13.2 Å². The molecule has 34 heavy (non-hydrogen) atoms. The smallest absolute Gasteiger partial charge is 0.475 e. The zero-order chi connectivity index (χ0) is 24.9. The van der Waals surface area contributed by atoms with Gasteiger partial charge in [0.2, 0.25) is 5.91 Å². The summed E-state index contributed by atoms with van der Waals surface area (Å²) >= 11 is 0. The van der Waals surface area contributed by atoms with Crippen LogP contribution in [0.3, 0.4) is 0 Å². The lowest BCUT2D eigenvalue weighted by Gasteiger charge is -2.52. The Bertz CT molecular complexity index is 1080. The first kappa shape index (κ1) is 25.2. The third kappa shape index (κ3) is 5.55. The maximum absolute atomic E-state index is 13.2. The van der Waals surface area contributed by atoms with Gasteiger partial charge in [0.25, 0.3) is 5.91 Å². The van der Waals surface area contributed by atoms with E-state index in [9.17, 15) is 22.8 Å². The van der Waals surface area contributed by atoms with Crippen LogP contribution in [0.25, 0.3) is 10.9 Å². The van der Waals surface area contributed by atoms with E-state index < -0.39 is 12.1 Å². The number of benzene rings is 1. The van der Waals surface area contributed by atoms with Gasteiger partial charge in [-0.3, -0.25) is 14.6 Å². The minimum Gasteiger partial charge on any atom is -0.475 e. The first-order valence-corrected chi connectivity index (χ1v) is 10.9. The fourth-order valence-electron chi connectivity index (χ4n) is 4.63. The molecule has 1 atom stereocenters. The number of alkyl halides is 3. The summed E-state index contributed by atoms with van der Waals surface area (Å²) in [5.74, 6) is -2.53. The monoisotopic (exact) mass is 477 g/mol. The average Bonchev–Trinajstić information content (AvgIpc) is 2.81. The number of carboxylic acids is 1. The molecule has 0 bridgehead atoms. The molecule has 2 aliphatic rings. The number of halogens is 3. The molecule has 2 fully saturated rings. The van der Waals surface area contributed by atoms with Crippen molar-refractivity contribution in [1.29, 1.82) is 0 Å². The quantitative estimate of drug-likeness (QED) is 0.674. The van der Waals surface area contributed by atoms with E-state index in [4.69, 9.17) is 9.90 Å². The molecule has 0 aliphatic carbocycles. The summed E-state index contributed by atoms with van der Waals surface area (Å²) in [7, 11) is 0. The Morgan fingerprint density at radius 1 is 1.21 bits per heavy atom. The number of carbonyl (C=O) groups is 3. The fraction of sp³-hybridized carbons (Fsp3) is 0.417. The topological polar surface area (TPSA) is 90.8 Å². The number of likely N-dealkylation sites (tertiary alicyclic amines) is 2. The number of hydrogen-bond acceptors (Lipinski definition) is 4. The molecule has 0 saturated carbocycles. The lowest BCUT2D eigenvalue weighted by atomic mass is 9.79. The number of fused-ring (bicyclic) bond motifs is 1. The van der Waals surface area contributed by atoms with Crippen molar-refractivity contribution in [2.45, 2.75) is 43.8 Å². The van der Waals surface area contributed by atoms with E-state index in [2.05, 4.69) is 11.6 Å². The summed E-state index contributed by atoms with van der Waals surface area (Å²) in [5, 5.41) is 8.09. The highest BCUT2D eigenvalue weighted by Crippen LogP contribution is 2.37. The second-order valence-electron chi connectivity index (χ2n) is 8.41. The van der Waals surface area contributed by atoms with Crippen molar-refractivity contribution in [1.82, 2.24) is 14.8 Å². The van der Waals surface area contributed by atoms with Crippen LogP contribution < -0.4 is 0 Å². The Morgan fingerprint density at radius 3 is 2.59 bits per heavy atom. The van der Waals surface area contributed by atoms with Crippen molar-refractivity contribution in [3.8, 4) is 0 Å². The van der Waals surface area contributed by atoms with E-state index in [0.29, 0.717) is 25.1 Å². The summed E-state index contributed by atoms with van der Waals surface area (Å²) < 4.78 is 31.7. The number of aliphatic carboxylic acids is 1.